The van der Waals surface area contributed by atoms with Gasteiger partial charge in [-0.05, 0) is 65.6 Å². The molecule has 19 heavy (non-hydrogen) atoms. The minimum atomic E-state index is 0.441. The van der Waals surface area contributed by atoms with Crippen LogP contribution in [-0.4, -0.2) is 35.6 Å². The van der Waals surface area contributed by atoms with Crippen LogP contribution in [0.1, 0.15) is 38.1 Å². The zero-order valence-corrected chi connectivity index (χ0v) is 12.6. The third-order valence-electron chi connectivity index (χ3n) is 3.76. The van der Waals surface area contributed by atoms with E-state index in [2.05, 4.69) is 34.0 Å². The van der Waals surface area contributed by atoms with E-state index in [4.69, 9.17) is 0 Å². The fourth-order valence-corrected chi connectivity index (χ4v) is 2.70. The van der Waals surface area contributed by atoms with Crippen LogP contribution in [-0.2, 0) is 0 Å². The van der Waals surface area contributed by atoms with Gasteiger partial charge in [-0.2, -0.15) is 0 Å². The van der Waals surface area contributed by atoms with Gasteiger partial charge in [-0.1, -0.05) is 0 Å². The molecule has 106 valence electrons. The van der Waals surface area contributed by atoms with Crippen molar-refractivity contribution in [3.8, 4) is 0 Å². The van der Waals surface area contributed by atoms with Crippen molar-refractivity contribution in [2.24, 2.45) is 5.92 Å². The maximum absolute atomic E-state index is 4.62. The molecule has 1 aliphatic heterocycles. The molecule has 2 heterocycles. The first-order valence-corrected chi connectivity index (χ1v) is 7.36. The lowest BCUT2D eigenvalue weighted by atomic mass is 9.97. The molecule has 1 aromatic rings. The van der Waals surface area contributed by atoms with Crippen molar-refractivity contribution < 1.29 is 0 Å². The van der Waals surface area contributed by atoms with Crippen LogP contribution in [0.4, 0.5) is 5.95 Å². The van der Waals surface area contributed by atoms with Crippen molar-refractivity contribution in [2.45, 2.75) is 46.6 Å². The Morgan fingerprint density at radius 1 is 1.21 bits per heavy atom. The summed E-state index contributed by atoms with van der Waals surface area (Å²) in [7, 11) is 0. The number of nitrogens with zero attached hydrogens (tertiary/aromatic N) is 3. The fourth-order valence-electron chi connectivity index (χ4n) is 2.70. The lowest BCUT2D eigenvalue weighted by Gasteiger charge is -2.33. The first-order valence-electron chi connectivity index (χ1n) is 7.36. The van der Waals surface area contributed by atoms with E-state index in [9.17, 15) is 0 Å². The zero-order chi connectivity index (χ0) is 13.8. The summed E-state index contributed by atoms with van der Waals surface area (Å²) < 4.78 is 0. The van der Waals surface area contributed by atoms with Gasteiger partial charge in [-0.15, -0.1) is 0 Å². The van der Waals surface area contributed by atoms with Gasteiger partial charge < -0.3 is 10.2 Å². The number of nitrogens with one attached hydrogen (secondary N) is 1. The van der Waals surface area contributed by atoms with Crippen LogP contribution in [0.2, 0.25) is 0 Å². The summed E-state index contributed by atoms with van der Waals surface area (Å²) in [6.07, 6.45) is 2.52. The molecule has 0 spiro atoms. The Balaban J connectivity index is 2.14. The van der Waals surface area contributed by atoms with E-state index in [0.717, 1.165) is 42.9 Å². The van der Waals surface area contributed by atoms with E-state index in [1.54, 1.807) is 0 Å². The number of hydrogen-bond donors (Lipinski definition) is 1. The van der Waals surface area contributed by atoms with Crippen molar-refractivity contribution in [3.63, 3.8) is 0 Å². The highest BCUT2D eigenvalue weighted by molar-refractivity contribution is 5.33. The molecule has 4 heteroatoms. The molecule has 1 saturated heterocycles. The van der Waals surface area contributed by atoms with E-state index < -0.39 is 0 Å². The van der Waals surface area contributed by atoms with Crippen LogP contribution in [0.3, 0.4) is 0 Å². The summed E-state index contributed by atoms with van der Waals surface area (Å²) in [5.74, 6) is 1.65. The number of anilines is 1. The van der Waals surface area contributed by atoms with E-state index in [-0.39, 0.29) is 0 Å². The highest BCUT2D eigenvalue weighted by atomic mass is 15.3. The Labute approximate surface area is 116 Å². The Morgan fingerprint density at radius 3 is 2.32 bits per heavy atom. The predicted molar refractivity (Wildman–Crippen MR) is 79.6 cm³/mol. The molecular formula is C15H26N4. The molecule has 2 rings (SSSR count). The Bertz CT molecular complexity index is 390. The summed E-state index contributed by atoms with van der Waals surface area (Å²) in [4.78, 5) is 11.6. The molecule has 0 unspecified atom stereocenters. The fraction of sp³-hybridized carbons (Fsp3) is 0.733. The minimum absolute atomic E-state index is 0.441. The summed E-state index contributed by atoms with van der Waals surface area (Å²) in [6, 6.07) is 2.48. The first-order chi connectivity index (χ1) is 9.06. The lowest BCUT2D eigenvalue weighted by molar-refractivity contribution is 0.366. The Morgan fingerprint density at radius 2 is 1.79 bits per heavy atom. The second-order valence-corrected chi connectivity index (χ2v) is 5.89. The standard InChI is InChI=1S/C15H26N4/c1-11(2)19(10-14-5-7-16-8-6-14)15-17-12(3)9-13(4)18-15/h9,11,14,16H,5-8,10H2,1-4H3. The highest BCUT2D eigenvalue weighted by Crippen LogP contribution is 2.19. The molecule has 0 aliphatic carbocycles. The van der Waals surface area contributed by atoms with Crippen LogP contribution in [0.15, 0.2) is 6.07 Å². The molecule has 1 N–H and O–H groups in total. The second-order valence-electron chi connectivity index (χ2n) is 5.89. The maximum atomic E-state index is 4.62. The summed E-state index contributed by atoms with van der Waals surface area (Å²) in [6.45, 7) is 11.9. The van der Waals surface area contributed by atoms with Crippen LogP contribution < -0.4 is 10.2 Å². The zero-order valence-electron chi connectivity index (χ0n) is 12.6. The van der Waals surface area contributed by atoms with E-state index >= 15 is 0 Å². The molecule has 1 aromatic heterocycles. The van der Waals surface area contributed by atoms with Gasteiger partial charge in [0.05, 0.1) is 0 Å². The van der Waals surface area contributed by atoms with Crippen molar-refractivity contribution in [3.05, 3.63) is 17.5 Å². The predicted octanol–water partition coefficient (Wildman–Crippen LogP) is 2.31. The van der Waals surface area contributed by atoms with Crippen LogP contribution in [0.25, 0.3) is 0 Å². The monoisotopic (exact) mass is 262 g/mol. The van der Waals surface area contributed by atoms with Crippen molar-refractivity contribution in [1.29, 1.82) is 0 Å². The quantitative estimate of drug-likeness (QED) is 0.904. The Kier molecular flexibility index (Phi) is 4.75. The number of hydrogen-bond acceptors (Lipinski definition) is 4. The topological polar surface area (TPSA) is 41.1 Å². The van der Waals surface area contributed by atoms with Crippen LogP contribution >= 0.6 is 0 Å². The largest absolute Gasteiger partial charge is 0.338 e. The molecule has 0 bridgehead atoms. The Hall–Kier alpha value is -1.16. The van der Waals surface area contributed by atoms with Gasteiger partial charge >= 0.3 is 0 Å². The van der Waals surface area contributed by atoms with E-state index in [1.807, 2.05) is 19.9 Å². The minimum Gasteiger partial charge on any atom is -0.338 e. The molecule has 1 fully saturated rings. The van der Waals surface area contributed by atoms with Gasteiger partial charge in [0.25, 0.3) is 0 Å². The van der Waals surface area contributed by atoms with Crippen molar-refractivity contribution >= 4 is 5.95 Å². The number of aromatic nitrogens is 2. The molecule has 0 saturated carbocycles. The van der Waals surface area contributed by atoms with Crippen LogP contribution in [0, 0.1) is 19.8 Å². The van der Waals surface area contributed by atoms with Gasteiger partial charge in [-0.3, -0.25) is 0 Å². The van der Waals surface area contributed by atoms with Gasteiger partial charge in [0.15, 0.2) is 0 Å². The average Bonchev–Trinajstić information content (AvgIpc) is 2.35. The third kappa shape index (κ3) is 3.90. The van der Waals surface area contributed by atoms with Gasteiger partial charge in [-0.25, -0.2) is 9.97 Å². The van der Waals surface area contributed by atoms with Crippen LogP contribution in [0.5, 0.6) is 0 Å². The molecule has 0 radical (unpaired) electrons. The van der Waals surface area contributed by atoms with Crippen molar-refractivity contribution in [1.82, 2.24) is 15.3 Å². The first kappa shape index (κ1) is 14.3. The second kappa shape index (κ2) is 6.33. The number of aryl methyl sites for hydroxylation is 2. The summed E-state index contributed by atoms with van der Waals surface area (Å²) >= 11 is 0. The lowest BCUT2D eigenvalue weighted by Crippen LogP contribution is -2.40. The molecule has 0 aromatic carbocycles. The molecule has 4 nitrogen and oxygen atoms in total. The maximum Gasteiger partial charge on any atom is 0.226 e. The summed E-state index contributed by atoms with van der Waals surface area (Å²) in [5, 5.41) is 3.43. The molecular weight excluding hydrogens is 236 g/mol. The van der Waals surface area contributed by atoms with E-state index in [0.29, 0.717) is 6.04 Å². The smallest absolute Gasteiger partial charge is 0.226 e. The summed E-state index contributed by atoms with van der Waals surface area (Å²) in [5.41, 5.74) is 2.11. The SMILES string of the molecule is Cc1cc(C)nc(N(CC2CCNCC2)C(C)C)n1. The van der Waals surface area contributed by atoms with Gasteiger partial charge in [0, 0.05) is 24.0 Å². The third-order valence-corrected chi connectivity index (χ3v) is 3.76. The normalized spacial score (nSPS) is 16.9. The highest BCUT2D eigenvalue weighted by Gasteiger charge is 2.21. The van der Waals surface area contributed by atoms with Gasteiger partial charge in [0.2, 0.25) is 5.95 Å². The number of piperidine rings is 1. The number of rotatable bonds is 4. The average molecular weight is 262 g/mol. The molecule has 0 amide bonds. The molecule has 1 aliphatic rings. The van der Waals surface area contributed by atoms with E-state index in [1.165, 1.54) is 12.8 Å². The van der Waals surface area contributed by atoms with Gasteiger partial charge in [0.1, 0.15) is 0 Å². The van der Waals surface area contributed by atoms with Crippen molar-refractivity contribution in [2.75, 3.05) is 24.5 Å². The molecule has 0 atom stereocenters.